The van der Waals surface area contributed by atoms with Gasteiger partial charge in [-0.3, -0.25) is 9.35 Å². The first-order valence-corrected chi connectivity index (χ1v) is 8.20. The van der Waals surface area contributed by atoms with Crippen molar-refractivity contribution >= 4 is 27.7 Å². The average molecular weight is 331 g/mol. The Labute approximate surface area is 133 Å². The summed E-state index contributed by atoms with van der Waals surface area (Å²) in [6.07, 6.45) is 8.21. The second-order valence-corrected chi connectivity index (χ2v) is 6.28. The van der Waals surface area contributed by atoms with Gasteiger partial charge in [0, 0.05) is 10.6 Å². The molecule has 0 heterocycles. The van der Waals surface area contributed by atoms with Crippen molar-refractivity contribution in [3.63, 3.8) is 0 Å². The molecule has 8 heteroatoms. The molecule has 23 heavy (non-hydrogen) atoms. The van der Waals surface area contributed by atoms with Crippen molar-refractivity contribution < 1.29 is 17.8 Å². The zero-order valence-electron chi connectivity index (χ0n) is 11.9. The smallest absolute Gasteiger partial charge is 0.272 e. The minimum Gasteiger partial charge on any atom is -0.297 e. The van der Waals surface area contributed by atoms with Gasteiger partial charge in [0.2, 0.25) is 0 Å². The molecule has 0 aromatic heterocycles. The standard InChI is InChI=1S/C15H13N3O4S/c16-18-17-14-4-2-1-3-13(14)9-11-5-7-12(8-6-11)15(19)10-23(20,21)22/h1-9,12H,10H2,(H,20,21,22). The van der Waals surface area contributed by atoms with E-state index < -0.39 is 27.6 Å². The van der Waals surface area contributed by atoms with E-state index in [0.29, 0.717) is 5.69 Å². The second kappa shape index (κ2) is 7.06. The van der Waals surface area contributed by atoms with Gasteiger partial charge in [0.15, 0.2) is 5.78 Å². The van der Waals surface area contributed by atoms with E-state index in [2.05, 4.69) is 10.0 Å². The first-order chi connectivity index (χ1) is 10.9. The largest absolute Gasteiger partial charge is 0.297 e. The average Bonchev–Trinajstić information content (AvgIpc) is 2.48. The summed E-state index contributed by atoms with van der Waals surface area (Å²) in [6.45, 7) is 0. The van der Waals surface area contributed by atoms with Gasteiger partial charge < -0.3 is 0 Å². The lowest BCUT2D eigenvalue weighted by Gasteiger charge is -2.10. The Kier molecular flexibility index (Phi) is 5.13. The number of carbonyl (C=O) groups is 1. The molecule has 1 aliphatic rings. The number of nitrogens with zero attached hydrogens (tertiary/aromatic N) is 3. The SMILES string of the molecule is [N-]=[N+]=Nc1ccccc1C=C1C=CC(C(=O)CS(=O)(=O)O)C=C1. The van der Waals surface area contributed by atoms with Gasteiger partial charge in [-0.2, -0.15) is 8.42 Å². The normalized spacial score (nSPS) is 16.7. The van der Waals surface area contributed by atoms with Crippen LogP contribution in [-0.2, 0) is 14.9 Å². The summed E-state index contributed by atoms with van der Waals surface area (Å²) in [7, 11) is -4.33. The van der Waals surface area contributed by atoms with Crippen LogP contribution in [0, 0.1) is 5.92 Å². The fraction of sp³-hybridized carbons (Fsp3) is 0.133. The highest BCUT2D eigenvalue weighted by Crippen LogP contribution is 2.24. The van der Waals surface area contributed by atoms with Crippen molar-refractivity contribution in [2.75, 3.05) is 5.75 Å². The minimum atomic E-state index is -4.33. The predicted octanol–water partition coefficient (Wildman–Crippen LogP) is 3.21. The molecular formula is C15H13N3O4S. The molecule has 0 unspecified atom stereocenters. The summed E-state index contributed by atoms with van der Waals surface area (Å²) < 4.78 is 30.1. The summed E-state index contributed by atoms with van der Waals surface area (Å²) >= 11 is 0. The van der Waals surface area contributed by atoms with Gasteiger partial charge in [0.25, 0.3) is 10.1 Å². The maximum Gasteiger partial charge on any atom is 0.272 e. The zero-order chi connectivity index (χ0) is 16.9. The van der Waals surface area contributed by atoms with Crippen molar-refractivity contribution in [3.05, 3.63) is 70.1 Å². The van der Waals surface area contributed by atoms with Crippen molar-refractivity contribution in [2.24, 2.45) is 11.0 Å². The molecule has 2 rings (SSSR count). The first-order valence-electron chi connectivity index (χ1n) is 6.59. The fourth-order valence-corrected chi connectivity index (χ4v) is 2.62. The molecule has 0 saturated carbocycles. The highest BCUT2D eigenvalue weighted by molar-refractivity contribution is 7.86. The molecule has 0 atom stereocenters. The second-order valence-electron chi connectivity index (χ2n) is 4.83. The molecule has 0 saturated heterocycles. The topological polar surface area (TPSA) is 120 Å². The molecule has 1 N–H and O–H groups in total. The third-order valence-electron chi connectivity index (χ3n) is 3.10. The van der Waals surface area contributed by atoms with E-state index >= 15 is 0 Å². The van der Waals surface area contributed by atoms with Crippen LogP contribution >= 0.6 is 0 Å². The Hall–Kier alpha value is -2.67. The maximum absolute atomic E-state index is 11.7. The molecular weight excluding hydrogens is 318 g/mol. The molecule has 1 aliphatic carbocycles. The van der Waals surface area contributed by atoms with Crippen LogP contribution in [0.3, 0.4) is 0 Å². The van der Waals surface area contributed by atoms with Crippen LogP contribution < -0.4 is 0 Å². The lowest BCUT2D eigenvalue weighted by molar-refractivity contribution is -0.118. The third-order valence-corrected chi connectivity index (χ3v) is 3.75. The number of hydrogen-bond donors (Lipinski definition) is 1. The molecule has 7 nitrogen and oxygen atoms in total. The Morgan fingerprint density at radius 1 is 1.30 bits per heavy atom. The van der Waals surface area contributed by atoms with E-state index in [-0.39, 0.29) is 0 Å². The number of allylic oxidation sites excluding steroid dienone is 5. The van der Waals surface area contributed by atoms with Crippen LogP contribution in [0.5, 0.6) is 0 Å². The Bertz CT molecular complexity index is 846. The molecule has 0 aliphatic heterocycles. The third kappa shape index (κ3) is 4.93. The van der Waals surface area contributed by atoms with Gasteiger partial charge in [0.1, 0.15) is 5.75 Å². The Morgan fingerprint density at radius 3 is 2.57 bits per heavy atom. The van der Waals surface area contributed by atoms with Crippen LogP contribution in [0.2, 0.25) is 0 Å². The van der Waals surface area contributed by atoms with Gasteiger partial charge in [0.05, 0.1) is 5.92 Å². The van der Waals surface area contributed by atoms with Gasteiger partial charge in [-0.15, -0.1) is 0 Å². The lowest BCUT2D eigenvalue weighted by Crippen LogP contribution is -2.21. The van der Waals surface area contributed by atoms with E-state index in [9.17, 15) is 13.2 Å². The van der Waals surface area contributed by atoms with Crippen molar-refractivity contribution in [2.45, 2.75) is 0 Å². The van der Waals surface area contributed by atoms with Crippen LogP contribution in [-0.4, -0.2) is 24.5 Å². The number of benzene rings is 1. The van der Waals surface area contributed by atoms with Crippen LogP contribution in [0.4, 0.5) is 5.69 Å². The molecule has 0 fully saturated rings. The molecule has 0 radical (unpaired) electrons. The highest BCUT2D eigenvalue weighted by Gasteiger charge is 2.20. The summed E-state index contributed by atoms with van der Waals surface area (Å²) in [5.74, 6) is -2.21. The molecule has 1 aromatic carbocycles. The monoisotopic (exact) mass is 331 g/mol. The quantitative estimate of drug-likeness (QED) is 0.385. The van der Waals surface area contributed by atoms with Crippen LogP contribution in [0.25, 0.3) is 16.5 Å². The van der Waals surface area contributed by atoms with E-state index in [1.165, 1.54) is 0 Å². The number of rotatable bonds is 5. The Balaban J connectivity index is 2.18. The molecule has 0 bridgehead atoms. The number of hydrogen-bond acceptors (Lipinski definition) is 4. The van der Waals surface area contributed by atoms with Crippen LogP contribution in [0.1, 0.15) is 5.56 Å². The minimum absolute atomic E-state index is 0.480. The number of ketones is 1. The fourth-order valence-electron chi connectivity index (χ4n) is 2.06. The predicted molar refractivity (Wildman–Crippen MR) is 86.4 cm³/mol. The lowest BCUT2D eigenvalue weighted by atomic mass is 9.96. The van der Waals surface area contributed by atoms with E-state index in [1.54, 1.807) is 54.6 Å². The zero-order valence-corrected chi connectivity index (χ0v) is 12.7. The maximum atomic E-state index is 11.7. The van der Waals surface area contributed by atoms with Gasteiger partial charge >= 0.3 is 0 Å². The molecule has 1 aromatic rings. The van der Waals surface area contributed by atoms with E-state index in [4.69, 9.17) is 10.1 Å². The highest BCUT2D eigenvalue weighted by atomic mass is 32.2. The van der Waals surface area contributed by atoms with Crippen molar-refractivity contribution in [1.29, 1.82) is 0 Å². The van der Waals surface area contributed by atoms with Gasteiger partial charge in [-0.1, -0.05) is 53.7 Å². The van der Waals surface area contributed by atoms with Crippen molar-refractivity contribution in [3.8, 4) is 0 Å². The molecule has 0 amide bonds. The number of azide groups is 1. The summed E-state index contributed by atoms with van der Waals surface area (Å²) in [4.78, 5) is 14.5. The first kappa shape index (κ1) is 16.7. The summed E-state index contributed by atoms with van der Waals surface area (Å²) in [5, 5.41) is 3.59. The van der Waals surface area contributed by atoms with Gasteiger partial charge in [-0.05, 0) is 22.7 Å². The molecule has 0 spiro atoms. The number of Topliss-reactive ketones (excluding diaryl/α,β-unsaturated/α-hetero) is 1. The van der Waals surface area contributed by atoms with Crippen LogP contribution in [0.15, 0.2) is 59.3 Å². The number of carbonyl (C=O) groups excluding carboxylic acids is 1. The van der Waals surface area contributed by atoms with Gasteiger partial charge in [-0.25, -0.2) is 0 Å². The summed E-state index contributed by atoms with van der Waals surface area (Å²) in [6, 6.07) is 7.02. The molecule has 118 valence electrons. The van der Waals surface area contributed by atoms with E-state index in [0.717, 1.165) is 11.1 Å². The van der Waals surface area contributed by atoms with E-state index in [1.807, 2.05) is 0 Å². The van der Waals surface area contributed by atoms with Crippen molar-refractivity contribution in [1.82, 2.24) is 0 Å². The summed E-state index contributed by atoms with van der Waals surface area (Å²) in [5.41, 5.74) is 10.5. The Morgan fingerprint density at radius 2 is 1.96 bits per heavy atom.